The van der Waals surface area contributed by atoms with E-state index in [1.807, 2.05) is 60.7 Å². The second kappa shape index (κ2) is 7.93. The zero-order chi connectivity index (χ0) is 19.5. The number of carbonyl (C=O) groups excluding carboxylic acids is 1. The highest BCUT2D eigenvalue weighted by molar-refractivity contribution is 6.00. The smallest absolute Gasteiger partial charge is 0.183 e. The van der Waals surface area contributed by atoms with Crippen LogP contribution in [0.1, 0.15) is 46.2 Å². The van der Waals surface area contributed by atoms with Crippen molar-refractivity contribution in [3.63, 3.8) is 0 Å². The van der Waals surface area contributed by atoms with Gasteiger partial charge in [-0.2, -0.15) is 0 Å². The van der Waals surface area contributed by atoms with Crippen molar-refractivity contribution < 1.29 is 9.53 Å². The Bertz CT molecular complexity index is 954. The minimum Gasteiger partial charge on any atom is -0.489 e. The molecule has 0 unspecified atom stereocenters. The predicted octanol–water partition coefficient (Wildman–Crippen LogP) is 5.31. The maximum atomic E-state index is 12.7. The fraction of sp³-hybridized carbons (Fsp3) is 0.292. The van der Waals surface area contributed by atoms with Crippen molar-refractivity contribution in [1.29, 1.82) is 0 Å². The van der Waals surface area contributed by atoms with E-state index >= 15 is 0 Å². The number of benzene rings is 2. The van der Waals surface area contributed by atoms with Crippen LogP contribution in [0.3, 0.4) is 0 Å². The van der Waals surface area contributed by atoms with Crippen LogP contribution >= 0.6 is 0 Å². The Balaban J connectivity index is 1.32. The predicted molar refractivity (Wildman–Crippen MR) is 112 cm³/mol. The molecule has 0 bridgehead atoms. The van der Waals surface area contributed by atoms with E-state index in [4.69, 9.17) is 4.74 Å². The molecule has 1 fully saturated rings. The number of aromatic nitrogens is 1. The standard InChI is InChI=1S/C24H26N2O2/c1-17-14-23(18(2)26(17)21-10-11-21)24(27)15-25-20-8-12-22(13-9-20)28-16-19-6-4-3-5-7-19/h3-9,12-14,21,25H,10-11,15-16H2,1-2H3. The molecule has 0 amide bonds. The summed E-state index contributed by atoms with van der Waals surface area (Å²) in [4.78, 5) is 12.7. The summed E-state index contributed by atoms with van der Waals surface area (Å²) < 4.78 is 8.12. The molecule has 4 nitrogen and oxygen atoms in total. The molecule has 3 aromatic rings. The lowest BCUT2D eigenvalue weighted by molar-refractivity contribution is 0.101. The van der Waals surface area contributed by atoms with Crippen LogP contribution in [0.25, 0.3) is 0 Å². The van der Waals surface area contributed by atoms with Gasteiger partial charge in [0.1, 0.15) is 12.4 Å². The Morgan fingerprint density at radius 2 is 1.79 bits per heavy atom. The van der Waals surface area contributed by atoms with E-state index in [-0.39, 0.29) is 5.78 Å². The molecule has 0 aliphatic heterocycles. The summed E-state index contributed by atoms with van der Waals surface area (Å²) in [5.74, 6) is 0.943. The third-order valence-electron chi connectivity index (χ3n) is 5.25. The number of hydrogen-bond donors (Lipinski definition) is 1. The van der Waals surface area contributed by atoms with Gasteiger partial charge in [0, 0.05) is 28.7 Å². The molecule has 0 spiro atoms. The van der Waals surface area contributed by atoms with E-state index < -0.39 is 0 Å². The van der Waals surface area contributed by atoms with E-state index in [2.05, 4.69) is 23.7 Å². The molecule has 4 rings (SSSR count). The molecule has 144 valence electrons. The highest BCUT2D eigenvalue weighted by Gasteiger charge is 2.28. The van der Waals surface area contributed by atoms with Gasteiger partial charge in [-0.05, 0) is 62.6 Å². The molecule has 1 heterocycles. The number of ketones is 1. The van der Waals surface area contributed by atoms with Crippen LogP contribution in [0, 0.1) is 13.8 Å². The molecule has 4 heteroatoms. The SMILES string of the molecule is Cc1cc(C(=O)CNc2ccc(OCc3ccccc3)cc2)c(C)n1C1CC1. The summed E-state index contributed by atoms with van der Waals surface area (Å²) in [6.45, 7) is 4.98. The fourth-order valence-electron chi connectivity index (χ4n) is 3.64. The summed E-state index contributed by atoms with van der Waals surface area (Å²) in [5.41, 5.74) is 5.16. The number of anilines is 1. The van der Waals surface area contributed by atoms with Crippen molar-refractivity contribution >= 4 is 11.5 Å². The molecule has 0 radical (unpaired) electrons. The third-order valence-corrected chi connectivity index (χ3v) is 5.25. The van der Waals surface area contributed by atoms with E-state index in [0.717, 1.165) is 28.3 Å². The Hall–Kier alpha value is -3.01. The van der Waals surface area contributed by atoms with Crippen LogP contribution in [0.4, 0.5) is 5.69 Å². The minimum atomic E-state index is 0.129. The zero-order valence-electron chi connectivity index (χ0n) is 16.4. The first-order valence-corrected chi connectivity index (χ1v) is 9.84. The van der Waals surface area contributed by atoms with Crippen LogP contribution < -0.4 is 10.1 Å². The van der Waals surface area contributed by atoms with Gasteiger partial charge in [0.2, 0.25) is 0 Å². The Morgan fingerprint density at radius 3 is 2.46 bits per heavy atom. The average molecular weight is 374 g/mol. The topological polar surface area (TPSA) is 43.3 Å². The molecule has 1 aliphatic carbocycles. The highest BCUT2D eigenvalue weighted by atomic mass is 16.5. The Labute approximate surface area is 166 Å². The van der Waals surface area contributed by atoms with Gasteiger partial charge in [-0.15, -0.1) is 0 Å². The van der Waals surface area contributed by atoms with Crippen molar-refractivity contribution in [1.82, 2.24) is 4.57 Å². The van der Waals surface area contributed by atoms with E-state index in [9.17, 15) is 4.79 Å². The normalized spacial score (nSPS) is 13.4. The van der Waals surface area contributed by atoms with Gasteiger partial charge in [0.05, 0.1) is 6.54 Å². The second-order valence-electron chi connectivity index (χ2n) is 7.46. The van der Waals surface area contributed by atoms with Gasteiger partial charge >= 0.3 is 0 Å². The number of hydrogen-bond acceptors (Lipinski definition) is 3. The largest absolute Gasteiger partial charge is 0.489 e. The molecule has 28 heavy (non-hydrogen) atoms. The molecule has 1 saturated carbocycles. The van der Waals surface area contributed by atoms with Crippen LogP contribution in [-0.4, -0.2) is 16.9 Å². The Kier molecular flexibility index (Phi) is 5.20. The maximum absolute atomic E-state index is 12.7. The van der Waals surface area contributed by atoms with Crippen molar-refractivity contribution in [2.45, 2.75) is 39.3 Å². The van der Waals surface area contributed by atoms with Gasteiger partial charge in [0.15, 0.2) is 5.78 Å². The summed E-state index contributed by atoms with van der Waals surface area (Å²) in [5, 5.41) is 3.23. The number of ether oxygens (including phenoxy) is 1. The summed E-state index contributed by atoms with van der Waals surface area (Å²) in [7, 11) is 0. The Morgan fingerprint density at radius 1 is 1.07 bits per heavy atom. The van der Waals surface area contributed by atoms with Crippen LogP contribution in [0.2, 0.25) is 0 Å². The van der Waals surface area contributed by atoms with Crippen molar-refractivity contribution in [3.8, 4) is 5.75 Å². The summed E-state index contributed by atoms with van der Waals surface area (Å²) in [6.07, 6.45) is 2.45. The average Bonchev–Trinajstić information content (AvgIpc) is 3.50. The first-order chi connectivity index (χ1) is 13.6. The number of nitrogens with one attached hydrogen (secondary N) is 1. The number of rotatable bonds is 8. The van der Waals surface area contributed by atoms with E-state index in [1.165, 1.54) is 18.5 Å². The van der Waals surface area contributed by atoms with Crippen LogP contribution in [0.15, 0.2) is 60.7 Å². The molecule has 1 aromatic heterocycles. The summed E-state index contributed by atoms with van der Waals surface area (Å²) in [6, 6.07) is 20.5. The lowest BCUT2D eigenvalue weighted by atomic mass is 10.1. The quantitative estimate of drug-likeness (QED) is 0.543. The first-order valence-electron chi connectivity index (χ1n) is 9.84. The number of carbonyl (C=O) groups is 1. The van der Waals surface area contributed by atoms with Crippen LogP contribution in [0.5, 0.6) is 5.75 Å². The van der Waals surface area contributed by atoms with Gasteiger partial charge in [-0.25, -0.2) is 0 Å². The number of nitrogens with zero attached hydrogens (tertiary/aromatic N) is 1. The van der Waals surface area contributed by atoms with E-state index in [1.54, 1.807) is 0 Å². The molecule has 0 atom stereocenters. The fourth-order valence-corrected chi connectivity index (χ4v) is 3.64. The van der Waals surface area contributed by atoms with Gasteiger partial charge in [-0.1, -0.05) is 30.3 Å². The third kappa shape index (κ3) is 4.11. The molecule has 1 N–H and O–H groups in total. The van der Waals surface area contributed by atoms with Gasteiger partial charge < -0.3 is 14.6 Å². The highest BCUT2D eigenvalue weighted by Crippen LogP contribution is 2.38. The zero-order valence-corrected chi connectivity index (χ0v) is 16.4. The number of Topliss-reactive ketones (excluding diaryl/α,β-unsaturated/α-hetero) is 1. The first kappa shape index (κ1) is 18.4. The summed E-state index contributed by atoms with van der Waals surface area (Å²) >= 11 is 0. The lowest BCUT2D eigenvalue weighted by Gasteiger charge is -2.10. The second-order valence-corrected chi connectivity index (χ2v) is 7.46. The molecule has 1 aliphatic rings. The van der Waals surface area contributed by atoms with Crippen molar-refractivity contribution in [2.24, 2.45) is 0 Å². The van der Waals surface area contributed by atoms with Crippen LogP contribution in [-0.2, 0) is 6.61 Å². The van der Waals surface area contributed by atoms with Crippen molar-refractivity contribution in [3.05, 3.63) is 83.2 Å². The maximum Gasteiger partial charge on any atom is 0.183 e. The number of aryl methyl sites for hydroxylation is 1. The van der Waals surface area contributed by atoms with Gasteiger partial charge in [-0.3, -0.25) is 4.79 Å². The molecular formula is C24H26N2O2. The molecular weight excluding hydrogens is 348 g/mol. The van der Waals surface area contributed by atoms with Crippen molar-refractivity contribution in [2.75, 3.05) is 11.9 Å². The minimum absolute atomic E-state index is 0.129. The lowest BCUT2D eigenvalue weighted by Crippen LogP contribution is -2.15. The van der Waals surface area contributed by atoms with Gasteiger partial charge in [0.25, 0.3) is 0 Å². The molecule has 2 aromatic carbocycles. The monoisotopic (exact) mass is 374 g/mol. The molecule has 0 saturated heterocycles. The van der Waals surface area contributed by atoms with E-state index in [0.29, 0.717) is 19.2 Å².